The molecule has 53 heavy (non-hydrogen) atoms. The maximum atomic E-state index is 5.34. The van der Waals surface area contributed by atoms with Gasteiger partial charge in [-0.1, -0.05) is 158 Å². The first-order valence-corrected chi connectivity index (χ1v) is 18.1. The van der Waals surface area contributed by atoms with Gasteiger partial charge < -0.3 is 4.57 Å². The van der Waals surface area contributed by atoms with Crippen LogP contribution in [0.2, 0.25) is 0 Å². The van der Waals surface area contributed by atoms with Gasteiger partial charge in [-0.2, -0.15) is 0 Å². The Labute approximate surface area is 306 Å². The Kier molecular flexibility index (Phi) is 6.55. The summed E-state index contributed by atoms with van der Waals surface area (Å²) in [5.74, 6) is 0.715. The van der Waals surface area contributed by atoms with Gasteiger partial charge >= 0.3 is 0 Å². The average Bonchev–Trinajstić information content (AvgIpc) is 3.55. The molecule has 2 aromatic heterocycles. The fourth-order valence-corrected chi connectivity index (χ4v) is 8.27. The lowest BCUT2D eigenvalue weighted by molar-refractivity contribution is 1.20. The zero-order valence-electron chi connectivity index (χ0n) is 28.7. The van der Waals surface area contributed by atoms with E-state index in [9.17, 15) is 0 Å². The average molecular weight is 674 g/mol. The second-order valence-electron chi connectivity index (χ2n) is 13.8. The van der Waals surface area contributed by atoms with Crippen LogP contribution in [-0.2, 0) is 0 Å². The molecule has 3 heteroatoms. The largest absolute Gasteiger partial charge is 0.309 e. The van der Waals surface area contributed by atoms with Gasteiger partial charge in [0.1, 0.15) is 0 Å². The molecule has 0 fully saturated rings. The van der Waals surface area contributed by atoms with Gasteiger partial charge in [-0.3, -0.25) is 0 Å². The molecule has 11 aromatic rings. The minimum atomic E-state index is 0.715. The summed E-state index contributed by atoms with van der Waals surface area (Å²) in [6.07, 6.45) is 0. The highest BCUT2D eigenvalue weighted by atomic mass is 15.0. The lowest BCUT2D eigenvalue weighted by Gasteiger charge is -2.16. The number of hydrogen-bond donors (Lipinski definition) is 0. The van der Waals surface area contributed by atoms with Crippen LogP contribution in [0.4, 0.5) is 0 Å². The topological polar surface area (TPSA) is 30.7 Å². The summed E-state index contributed by atoms with van der Waals surface area (Å²) in [4.78, 5) is 10.4. The van der Waals surface area contributed by atoms with Crippen molar-refractivity contribution in [1.82, 2.24) is 14.5 Å². The first-order valence-electron chi connectivity index (χ1n) is 18.1. The molecule has 0 amide bonds. The van der Waals surface area contributed by atoms with Gasteiger partial charge in [-0.05, 0) is 68.4 Å². The lowest BCUT2D eigenvalue weighted by atomic mass is 9.97. The highest BCUT2D eigenvalue weighted by Crippen LogP contribution is 2.42. The number of rotatable bonds is 4. The summed E-state index contributed by atoms with van der Waals surface area (Å²) in [7, 11) is 0. The van der Waals surface area contributed by atoms with Gasteiger partial charge in [-0.15, -0.1) is 0 Å². The normalized spacial score (nSPS) is 11.8. The third-order valence-corrected chi connectivity index (χ3v) is 10.8. The molecule has 0 unspecified atom stereocenters. The lowest BCUT2D eigenvalue weighted by Crippen LogP contribution is -1.99. The third-order valence-electron chi connectivity index (χ3n) is 10.8. The predicted octanol–water partition coefficient (Wildman–Crippen LogP) is 13.2. The summed E-state index contributed by atoms with van der Waals surface area (Å²) in [6.45, 7) is 0. The first-order chi connectivity index (χ1) is 26.3. The Morgan fingerprint density at radius 1 is 0.358 bits per heavy atom. The molecular weight excluding hydrogens is 643 g/mol. The Morgan fingerprint density at radius 3 is 1.79 bits per heavy atom. The summed E-state index contributed by atoms with van der Waals surface area (Å²) in [6, 6.07) is 67.4. The van der Waals surface area contributed by atoms with E-state index in [0.29, 0.717) is 5.82 Å². The van der Waals surface area contributed by atoms with E-state index < -0.39 is 0 Å². The first kappa shape index (κ1) is 29.6. The minimum Gasteiger partial charge on any atom is -0.309 e. The molecule has 0 aliphatic heterocycles. The summed E-state index contributed by atoms with van der Waals surface area (Å²) in [5, 5.41) is 10.9. The van der Waals surface area contributed by atoms with Gasteiger partial charge in [0.15, 0.2) is 5.82 Å². The fourth-order valence-electron chi connectivity index (χ4n) is 8.27. The second-order valence-corrected chi connectivity index (χ2v) is 13.8. The Bertz CT molecular complexity index is 3210. The molecule has 2 heterocycles. The van der Waals surface area contributed by atoms with E-state index in [1.165, 1.54) is 59.9 Å². The number of nitrogens with zero attached hydrogens (tertiary/aromatic N) is 3. The standard InChI is InChI=1S/C50H31N3/c1-2-12-32(13-3-1)33-22-24-35(25-23-33)50-51-44-21-11-10-20-42(44)49(52-50)41-27-29-45(40-19-9-8-18-39(40)41)53-46-28-26-34-14-6-7-17-38(34)48(46)43-30-36-15-4-5-16-37(36)31-47(43)53/h1-31H. The molecule has 0 bridgehead atoms. The SMILES string of the molecule is c1ccc(-c2ccc(-c3nc(-c4ccc(-n5c6cc7ccccc7cc6c6c7ccccc7ccc65)c5ccccc45)c4ccccc4n3)cc2)cc1. The van der Waals surface area contributed by atoms with Gasteiger partial charge in [0.2, 0.25) is 0 Å². The van der Waals surface area contributed by atoms with Crippen LogP contribution in [0.25, 0.3) is 104 Å². The minimum absolute atomic E-state index is 0.715. The van der Waals surface area contributed by atoms with Crippen molar-refractivity contribution in [3.63, 3.8) is 0 Å². The molecule has 0 aliphatic rings. The molecule has 0 atom stereocenters. The van der Waals surface area contributed by atoms with E-state index in [2.05, 4.69) is 187 Å². The monoisotopic (exact) mass is 673 g/mol. The third kappa shape index (κ3) is 4.68. The Balaban J connectivity index is 1.15. The number of benzene rings is 9. The highest BCUT2D eigenvalue weighted by molar-refractivity contribution is 6.24. The highest BCUT2D eigenvalue weighted by Gasteiger charge is 2.20. The van der Waals surface area contributed by atoms with E-state index in [4.69, 9.17) is 9.97 Å². The van der Waals surface area contributed by atoms with Crippen LogP contribution in [0.15, 0.2) is 188 Å². The zero-order valence-corrected chi connectivity index (χ0v) is 28.7. The molecule has 0 saturated carbocycles. The van der Waals surface area contributed by atoms with Crippen LogP contribution < -0.4 is 0 Å². The van der Waals surface area contributed by atoms with E-state index in [-0.39, 0.29) is 0 Å². The summed E-state index contributed by atoms with van der Waals surface area (Å²) >= 11 is 0. The molecule has 9 aromatic carbocycles. The number of para-hydroxylation sites is 1. The van der Waals surface area contributed by atoms with Crippen LogP contribution in [-0.4, -0.2) is 14.5 Å². The van der Waals surface area contributed by atoms with Crippen molar-refractivity contribution in [3.8, 4) is 39.5 Å². The fraction of sp³-hybridized carbons (Fsp3) is 0. The Morgan fingerprint density at radius 2 is 0.981 bits per heavy atom. The molecule has 0 radical (unpaired) electrons. The van der Waals surface area contributed by atoms with Crippen molar-refractivity contribution in [2.75, 3.05) is 0 Å². The molecule has 11 rings (SSSR count). The van der Waals surface area contributed by atoms with Crippen molar-refractivity contribution < 1.29 is 0 Å². The van der Waals surface area contributed by atoms with Gasteiger partial charge in [-0.25, -0.2) is 9.97 Å². The van der Waals surface area contributed by atoms with E-state index in [1.807, 2.05) is 6.07 Å². The molecule has 246 valence electrons. The molecule has 3 nitrogen and oxygen atoms in total. The zero-order chi connectivity index (χ0) is 34.9. The smallest absolute Gasteiger partial charge is 0.160 e. The molecule has 0 spiro atoms. The van der Waals surface area contributed by atoms with Gasteiger partial charge in [0.05, 0.1) is 27.9 Å². The number of aromatic nitrogens is 3. The van der Waals surface area contributed by atoms with Crippen molar-refractivity contribution in [2.24, 2.45) is 0 Å². The van der Waals surface area contributed by atoms with E-state index in [1.54, 1.807) is 0 Å². The van der Waals surface area contributed by atoms with Gasteiger partial charge in [0, 0.05) is 32.7 Å². The maximum Gasteiger partial charge on any atom is 0.160 e. The van der Waals surface area contributed by atoms with Crippen LogP contribution in [0.1, 0.15) is 0 Å². The van der Waals surface area contributed by atoms with Crippen LogP contribution in [0.3, 0.4) is 0 Å². The second kappa shape index (κ2) is 11.7. The number of fused-ring (bicyclic) bond motifs is 8. The summed E-state index contributed by atoms with van der Waals surface area (Å²) < 4.78 is 2.47. The Hall–Kier alpha value is -7.10. The molecule has 0 saturated heterocycles. The molecular formula is C50H31N3. The van der Waals surface area contributed by atoms with Crippen LogP contribution >= 0.6 is 0 Å². The quantitative estimate of drug-likeness (QED) is 0.186. The van der Waals surface area contributed by atoms with Crippen molar-refractivity contribution in [1.29, 1.82) is 0 Å². The van der Waals surface area contributed by atoms with Gasteiger partial charge in [0.25, 0.3) is 0 Å². The summed E-state index contributed by atoms with van der Waals surface area (Å²) in [5.41, 5.74) is 9.82. The molecule has 0 N–H and O–H groups in total. The maximum absolute atomic E-state index is 5.34. The number of hydrogen-bond acceptors (Lipinski definition) is 2. The predicted molar refractivity (Wildman–Crippen MR) is 223 cm³/mol. The van der Waals surface area contributed by atoms with Crippen LogP contribution in [0, 0.1) is 0 Å². The van der Waals surface area contributed by atoms with Crippen LogP contribution in [0.5, 0.6) is 0 Å². The van der Waals surface area contributed by atoms with Crippen molar-refractivity contribution >= 4 is 65.0 Å². The van der Waals surface area contributed by atoms with E-state index >= 15 is 0 Å². The van der Waals surface area contributed by atoms with Crippen molar-refractivity contribution in [3.05, 3.63) is 188 Å². The molecule has 0 aliphatic carbocycles. The van der Waals surface area contributed by atoms with Crippen molar-refractivity contribution in [2.45, 2.75) is 0 Å². The van der Waals surface area contributed by atoms with E-state index in [0.717, 1.165) is 38.8 Å².